The van der Waals surface area contributed by atoms with E-state index in [1.807, 2.05) is 38.1 Å². The topological polar surface area (TPSA) is 29.5 Å². The van der Waals surface area contributed by atoms with E-state index >= 15 is 0 Å². The quantitative estimate of drug-likeness (QED) is 0.876. The van der Waals surface area contributed by atoms with Crippen LogP contribution in [0.4, 0.5) is 0 Å². The van der Waals surface area contributed by atoms with E-state index < -0.39 is 5.60 Å². The molecule has 102 valence electrons. The van der Waals surface area contributed by atoms with Gasteiger partial charge in [0.25, 0.3) is 0 Å². The Bertz CT molecular complexity index is 562. The number of benzene rings is 2. The van der Waals surface area contributed by atoms with Gasteiger partial charge in [0.2, 0.25) is 0 Å². The molecule has 0 aliphatic rings. The van der Waals surface area contributed by atoms with Crippen molar-refractivity contribution in [1.82, 2.24) is 0 Å². The molecule has 0 radical (unpaired) electrons. The Morgan fingerprint density at radius 1 is 1.11 bits per heavy atom. The SMILES string of the molecule is CCC(O)(CC)COc1ccc2ccccc2c1Br. The summed E-state index contributed by atoms with van der Waals surface area (Å²) in [7, 11) is 0. The van der Waals surface area contributed by atoms with Crippen molar-refractivity contribution in [3.05, 3.63) is 40.9 Å². The van der Waals surface area contributed by atoms with Gasteiger partial charge in [-0.3, -0.25) is 0 Å². The van der Waals surface area contributed by atoms with E-state index in [9.17, 15) is 5.11 Å². The molecular formula is C16H19BrO2. The summed E-state index contributed by atoms with van der Waals surface area (Å²) < 4.78 is 6.74. The molecule has 0 unspecified atom stereocenters. The molecule has 2 rings (SSSR count). The Kier molecular flexibility index (Phi) is 4.48. The zero-order valence-electron chi connectivity index (χ0n) is 11.3. The van der Waals surface area contributed by atoms with Crippen molar-refractivity contribution >= 4 is 26.7 Å². The number of fused-ring (bicyclic) bond motifs is 1. The Labute approximate surface area is 122 Å². The van der Waals surface area contributed by atoms with Crippen LogP contribution in [-0.2, 0) is 0 Å². The van der Waals surface area contributed by atoms with Crippen LogP contribution in [0.3, 0.4) is 0 Å². The van der Waals surface area contributed by atoms with Gasteiger partial charge in [-0.2, -0.15) is 0 Å². The minimum absolute atomic E-state index is 0.316. The first-order chi connectivity index (χ1) is 9.09. The molecule has 0 aliphatic carbocycles. The highest BCUT2D eigenvalue weighted by Gasteiger charge is 2.23. The van der Waals surface area contributed by atoms with Crippen LogP contribution in [0.15, 0.2) is 40.9 Å². The van der Waals surface area contributed by atoms with Gasteiger partial charge < -0.3 is 9.84 Å². The van der Waals surface area contributed by atoms with Gasteiger partial charge in [-0.25, -0.2) is 0 Å². The molecule has 0 saturated carbocycles. The van der Waals surface area contributed by atoms with Crippen LogP contribution < -0.4 is 4.74 Å². The van der Waals surface area contributed by atoms with Crippen LogP contribution in [-0.4, -0.2) is 17.3 Å². The Balaban J connectivity index is 2.24. The molecule has 0 atom stereocenters. The molecule has 1 N–H and O–H groups in total. The summed E-state index contributed by atoms with van der Waals surface area (Å²) in [6.07, 6.45) is 1.38. The Morgan fingerprint density at radius 3 is 2.47 bits per heavy atom. The summed E-state index contributed by atoms with van der Waals surface area (Å²) in [5, 5.41) is 12.5. The molecule has 3 heteroatoms. The molecule has 2 aromatic carbocycles. The van der Waals surface area contributed by atoms with Gasteiger partial charge in [0, 0.05) is 0 Å². The molecule has 0 heterocycles. The van der Waals surface area contributed by atoms with Gasteiger partial charge >= 0.3 is 0 Å². The van der Waals surface area contributed by atoms with Gasteiger partial charge in [0.1, 0.15) is 12.4 Å². The van der Waals surface area contributed by atoms with Gasteiger partial charge in [-0.05, 0) is 45.6 Å². The van der Waals surface area contributed by atoms with E-state index in [1.54, 1.807) is 0 Å². The van der Waals surface area contributed by atoms with Crippen molar-refractivity contribution in [3.63, 3.8) is 0 Å². The normalized spacial score (nSPS) is 11.8. The molecule has 0 aliphatic heterocycles. The second kappa shape index (κ2) is 5.93. The number of halogens is 1. The van der Waals surface area contributed by atoms with Crippen LogP contribution >= 0.6 is 15.9 Å². The fraction of sp³-hybridized carbons (Fsp3) is 0.375. The number of rotatable bonds is 5. The minimum Gasteiger partial charge on any atom is -0.489 e. The maximum atomic E-state index is 10.3. The predicted octanol–water partition coefficient (Wildman–Crippen LogP) is 4.53. The number of hydrogen-bond acceptors (Lipinski definition) is 2. The number of aliphatic hydroxyl groups is 1. The van der Waals surface area contributed by atoms with Crippen LogP contribution in [0.25, 0.3) is 10.8 Å². The molecule has 0 aromatic heterocycles. The maximum Gasteiger partial charge on any atom is 0.134 e. The van der Waals surface area contributed by atoms with Crippen LogP contribution in [0.5, 0.6) is 5.75 Å². The standard InChI is InChI=1S/C16H19BrO2/c1-3-16(18,4-2)11-19-14-10-9-12-7-5-6-8-13(12)15(14)17/h5-10,18H,3-4,11H2,1-2H3. The van der Waals surface area contributed by atoms with E-state index in [1.165, 1.54) is 5.39 Å². The Hall–Kier alpha value is -1.06. The van der Waals surface area contributed by atoms with Crippen molar-refractivity contribution in [1.29, 1.82) is 0 Å². The number of ether oxygens (including phenoxy) is 1. The predicted molar refractivity (Wildman–Crippen MR) is 82.7 cm³/mol. The monoisotopic (exact) mass is 322 g/mol. The van der Waals surface area contributed by atoms with E-state index in [0.717, 1.165) is 15.6 Å². The summed E-state index contributed by atoms with van der Waals surface area (Å²) in [6, 6.07) is 12.1. The molecular weight excluding hydrogens is 304 g/mol. The lowest BCUT2D eigenvalue weighted by molar-refractivity contribution is -0.0115. The van der Waals surface area contributed by atoms with Gasteiger partial charge in [-0.15, -0.1) is 0 Å². The summed E-state index contributed by atoms with van der Waals surface area (Å²) >= 11 is 3.59. The highest BCUT2D eigenvalue weighted by Crippen LogP contribution is 2.33. The maximum absolute atomic E-state index is 10.3. The first-order valence-corrected chi connectivity index (χ1v) is 7.41. The molecule has 0 amide bonds. The van der Waals surface area contributed by atoms with Gasteiger partial charge in [0.15, 0.2) is 0 Å². The molecule has 19 heavy (non-hydrogen) atoms. The van der Waals surface area contributed by atoms with E-state index in [4.69, 9.17) is 4.74 Å². The minimum atomic E-state index is -0.745. The summed E-state index contributed by atoms with van der Waals surface area (Å²) in [5.74, 6) is 0.777. The van der Waals surface area contributed by atoms with Crippen molar-refractivity contribution in [2.45, 2.75) is 32.3 Å². The Morgan fingerprint density at radius 2 is 1.79 bits per heavy atom. The van der Waals surface area contributed by atoms with Crippen LogP contribution in [0, 0.1) is 0 Å². The highest BCUT2D eigenvalue weighted by molar-refractivity contribution is 9.10. The smallest absolute Gasteiger partial charge is 0.134 e. The zero-order chi connectivity index (χ0) is 13.9. The molecule has 0 spiro atoms. The third-order valence-electron chi connectivity index (χ3n) is 3.64. The number of hydrogen-bond donors (Lipinski definition) is 1. The average Bonchev–Trinajstić information content (AvgIpc) is 2.46. The van der Waals surface area contributed by atoms with Crippen molar-refractivity contribution < 1.29 is 9.84 Å². The van der Waals surface area contributed by atoms with Gasteiger partial charge in [0.05, 0.1) is 10.1 Å². The summed E-state index contributed by atoms with van der Waals surface area (Å²) in [4.78, 5) is 0. The zero-order valence-corrected chi connectivity index (χ0v) is 12.9. The van der Waals surface area contributed by atoms with Gasteiger partial charge in [-0.1, -0.05) is 44.2 Å². The fourth-order valence-electron chi connectivity index (χ4n) is 1.99. The molecule has 0 fully saturated rings. The lowest BCUT2D eigenvalue weighted by atomic mass is 9.99. The molecule has 0 bridgehead atoms. The van der Waals surface area contributed by atoms with Crippen LogP contribution in [0.2, 0.25) is 0 Å². The summed E-state index contributed by atoms with van der Waals surface area (Å²) in [5.41, 5.74) is -0.745. The second-order valence-corrected chi connectivity index (χ2v) is 5.61. The van der Waals surface area contributed by atoms with Crippen molar-refractivity contribution in [2.24, 2.45) is 0 Å². The van der Waals surface area contributed by atoms with Crippen molar-refractivity contribution in [3.8, 4) is 5.75 Å². The molecule has 2 nitrogen and oxygen atoms in total. The third-order valence-corrected chi connectivity index (χ3v) is 4.46. The molecule has 2 aromatic rings. The first-order valence-electron chi connectivity index (χ1n) is 6.62. The first kappa shape index (κ1) is 14.4. The van der Waals surface area contributed by atoms with Crippen molar-refractivity contribution in [2.75, 3.05) is 6.61 Å². The lowest BCUT2D eigenvalue weighted by Gasteiger charge is -2.25. The largest absolute Gasteiger partial charge is 0.489 e. The second-order valence-electron chi connectivity index (χ2n) is 4.82. The average molecular weight is 323 g/mol. The van der Waals surface area contributed by atoms with E-state index in [2.05, 4.69) is 28.1 Å². The fourth-order valence-corrected chi connectivity index (χ4v) is 2.60. The van der Waals surface area contributed by atoms with Crippen LogP contribution in [0.1, 0.15) is 26.7 Å². The lowest BCUT2D eigenvalue weighted by Crippen LogP contribution is -2.34. The summed E-state index contributed by atoms with van der Waals surface area (Å²) in [6.45, 7) is 4.27. The highest BCUT2D eigenvalue weighted by atomic mass is 79.9. The molecule has 0 saturated heterocycles. The third kappa shape index (κ3) is 3.10. The van der Waals surface area contributed by atoms with E-state index in [0.29, 0.717) is 19.4 Å². The van der Waals surface area contributed by atoms with E-state index in [-0.39, 0.29) is 0 Å².